The van der Waals surface area contributed by atoms with Crippen LogP contribution in [0.3, 0.4) is 0 Å². The Morgan fingerprint density at radius 3 is 2.34 bits per heavy atom. The molecule has 0 saturated carbocycles. The number of nitrogens with zero attached hydrogens (tertiary/aromatic N) is 2. The molecule has 29 heavy (non-hydrogen) atoms. The number of nitrogens with one attached hydrogen (secondary N) is 1. The van der Waals surface area contributed by atoms with Crippen LogP contribution >= 0.6 is 11.3 Å². The van der Waals surface area contributed by atoms with Crippen molar-refractivity contribution in [3.05, 3.63) is 11.1 Å². The van der Waals surface area contributed by atoms with Crippen LogP contribution in [-0.4, -0.2) is 46.4 Å². The van der Waals surface area contributed by atoms with Crippen LogP contribution < -0.4 is 5.32 Å². The van der Waals surface area contributed by atoms with Gasteiger partial charge in [0, 0.05) is 11.3 Å². The molecule has 1 rings (SSSR count). The SMILES string of the molecule is CCOC(=O)/C(=N/OC(C)(C)C(=O)OC(C)(C)C)c1csc(NC(=O)C(C)C)n1. The molecule has 0 aliphatic heterocycles. The number of esters is 2. The molecule has 1 heterocycles. The molecule has 0 aliphatic carbocycles. The summed E-state index contributed by atoms with van der Waals surface area (Å²) in [6, 6.07) is 0. The summed E-state index contributed by atoms with van der Waals surface area (Å²) in [6.07, 6.45) is 0. The van der Waals surface area contributed by atoms with E-state index in [1.807, 2.05) is 0 Å². The molecule has 0 unspecified atom stereocenters. The number of hydrogen-bond acceptors (Lipinski definition) is 9. The van der Waals surface area contributed by atoms with Gasteiger partial charge in [-0.15, -0.1) is 11.3 Å². The van der Waals surface area contributed by atoms with E-state index in [-0.39, 0.29) is 29.8 Å². The van der Waals surface area contributed by atoms with Gasteiger partial charge in [0.1, 0.15) is 11.3 Å². The van der Waals surface area contributed by atoms with Gasteiger partial charge in [-0.25, -0.2) is 14.6 Å². The van der Waals surface area contributed by atoms with Gasteiger partial charge >= 0.3 is 11.9 Å². The van der Waals surface area contributed by atoms with Crippen molar-refractivity contribution in [3.63, 3.8) is 0 Å². The Kier molecular flexibility index (Phi) is 8.31. The van der Waals surface area contributed by atoms with Crippen molar-refractivity contribution in [1.29, 1.82) is 0 Å². The van der Waals surface area contributed by atoms with E-state index in [0.29, 0.717) is 5.13 Å². The second-order valence-corrected chi connectivity index (χ2v) is 8.80. The van der Waals surface area contributed by atoms with Crippen molar-refractivity contribution in [2.24, 2.45) is 11.1 Å². The van der Waals surface area contributed by atoms with Crippen LogP contribution in [-0.2, 0) is 28.7 Å². The highest BCUT2D eigenvalue weighted by Gasteiger charge is 2.36. The zero-order valence-corrected chi connectivity index (χ0v) is 18.9. The zero-order valence-electron chi connectivity index (χ0n) is 18.1. The number of hydrogen-bond donors (Lipinski definition) is 1. The number of thiazole rings is 1. The predicted molar refractivity (Wildman–Crippen MR) is 110 cm³/mol. The van der Waals surface area contributed by atoms with E-state index in [1.165, 1.54) is 19.2 Å². The second kappa shape index (κ2) is 9.82. The second-order valence-electron chi connectivity index (χ2n) is 7.95. The normalized spacial score (nSPS) is 12.5. The summed E-state index contributed by atoms with van der Waals surface area (Å²) in [4.78, 5) is 46.0. The average Bonchev–Trinajstić information content (AvgIpc) is 3.01. The molecule has 0 aliphatic rings. The van der Waals surface area contributed by atoms with Crippen molar-refractivity contribution < 1.29 is 28.7 Å². The largest absolute Gasteiger partial charge is 0.461 e. The predicted octanol–water partition coefficient (Wildman–Crippen LogP) is 3.14. The first kappa shape index (κ1) is 24.5. The Balaban J connectivity index is 3.10. The molecule has 9 nitrogen and oxygen atoms in total. The zero-order chi connectivity index (χ0) is 22.4. The Bertz CT molecular complexity index is 777. The van der Waals surface area contributed by atoms with E-state index >= 15 is 0 Å². The third-order valence-electron chi connectivity index (χ3n) is 3.23. The quantitative estimate of drug-likeness (QED) is 0.385. The number of ether oxygens (including phenoxy) is 2. The van der Waals surface area contributed by atoms with Crippen LogP contribution in [0.5, 0.6) is 0 Å². The molecule has 162 valence electrons. The van der Waals surface area contributed by atoms with Gasteiger partial charge in [0.15, 0.2) is 5.13 Å². The standard InChI is InChI=1S/C19H29N3O6S/c1-9-26-15(24)13(12-10-29-17(20-12)21-14(23)11(2)3)22-28-19(7,8)16(25)27-18(4,5)6/h10-11H,9H2,1-8H3,(H,20,21,23)/b22-13+. The molecule has 0 bridgehead atoms. The fraction of sp³-hybridized carbons (Fsp3) is 0.632. The molecular weight excluding hydrogens is 398 g/mol. The lowest BCUT2D eigenvalue weighted by Crippen LogP contribution is -2.40. The van der Waals surface area contributed by atoms with Crippen molar-refractivity contribution >= 4 is 40.0 Å². The molecule has 0 atom stereocenters. The third-order valence-corrected chi connectivity index (χ3v) is 3.98. The minimum absolute atomic E-state index is 0.119. The fourth-order valence-electron chi connectivity index (χ4n) is 1.68. The smallest absolute Gasteiger partial charge is 0.362 e. The van der Waals surface area contributed by atoms with E-state index in [2.05, 4.69) is 15.5 Å². The third kappa shape index (κ3) is 7.80. The fourth-order valence-corrected chi connectivity index (χ4v) is 2.37. The van der Waals surface area contributed by atoms with Gasteiger partial charge in [-0.3, -0.25) is 4.79 Å². The van der Waals surface area contributed by atoms with Crippen molar-refractivity contribution in [1.82, 2.24) is 4.98 Å². The summed E-state index contributed by atoms with van der Waals surface area (Å²) in [5.41, 5.74) is -2.21. The van der Waals surface area contributed by atoms with Crippen LogP contribution in [0, 0.1) is 5.92 Å². The van der Waals surface area contributed by atoms with Crippen LogP contribution in [0.2, 0.25) is 0 Å². The lowest BCUT2D eigenvalue weighted by molar-refractivity contribution is -0.179. The topological polar surface area (TPSA) is 116 Å². The van der Waals surface area contributed by atoms with Gasteiger partial charge in [0.2, 0.25) is 17.2 Å². The summed E-state index contributed by atoms with van der Waals surface area (Å²) in [6.45, 7) is 13.4. The number of carbonyl (C=O) groups excluding carboxylic acids is 3. The molecule has 1 aromatic heterocycles. The Hall–Kier alpha value is -2.49. The lowest BCUT2D eigenvalue weighted by atomic mass is 10.1. The molecule has 10 heteroatoms. The van der Waals surface area contributed by atoms with E-state index in [4.69, 9.17) is 14.3 Å². The van der Waals surface area contributed by atoms with Crippen LogP contribution in [0.4, 0.5) is 5.13 Å². The van der Waals surface area contributed by atoms with Crippen LogP contribution in [0.1, 0.15) is 61.1 Å². The Labute approximate surface area is 174 Å². The molecule has 1 aromatic rings. The number of anilines is 1. The number of carbonyl (C=O) groups is 3. The molecular formula is C19H29N3O6S. The van der Waals surface area contributed by atoms with Crippen LogP contribution in [0.25, 0.3) is 0 Å². The summed E-state index contributed by atoms with van der Waals surface area (Å²) < 4.78 is 10.3. The molecule has 0 saturated heterocycles. The lowest BCUT2D eigenvalue weighted by Gasteiger charge is -2.26. The number of oxime groups is 1. The number of rotatable bonds is 8. The van der Waals surface area contributed by atoms with E-state index < -0.39 is 23.1 Å². The van der Waals surface area contributed by atoms with E-state index in [0.717, 1.165) is 11.3 Å². The van der Waals surface area contributed by atoms with Gasteiger partial charge in [-0.2, -0.15) is 0 Å². The molecule has 1 amide bonds. The average molecular weight is 428 g/mol. The van der Waals surface area contributed by atoms with Crippen molar-refractivity contribution in [2.75, 3.05) is 11.9 Å². The summed E-state index contributed by atoms with van der Waals surface area (Å²) in [5.74, 6) is -1.83. The summed E-state index contributed by atoms with van der Waals surface area (Å²) in [5, 5.41) is 8.33. The maximum absolute atomic E-state index is 12.3. The number of amides is 1. The minimum atomic E-state index is -1.45. The van der Waals surface area contributed by atoms with E-state index in [9.17, 15) is 14.4 Å². The van der Waals surface area contributed by atoms with Gasteiger partial charge < -0.3 is 19.6 Å². The Morgan fingerprint density at radius 1 is 1.21 bits per heavy atom. The number of aromatic nitrogens is 1. The highest BCUT2D eigenvalue weighted by molar-refractivity contribution is 7.14. The maximum Gasteiger partial charge on any atom is 0.362 e. The van der Waals surface area contributed by atoms with Crippen molar-refractivity contribution in [3.8, 4) is 0 Å². The van der Waals surface area contributed by atoms with Crippen LogP contribution in [0.15, 0.2) is 10.5 Å². The van der Waals surface area contributed by atoms with Crippen molar-refractivity contribution in [2.45, 2.75) is 66.6 Å². The molecule has 1 N–H and O–H groups in total. The molecule has 0 aromatic carbocycles. The Morgan fingerprint density at radius 2 is 1.83 bits per heavy atom. The molecule has 0 fully saturated rings. The monoisotopic (exact) mass is 427 g/mol. The molecule has 0 spiro atoms. The first-order chi connectivity index (χ1) is 13.3. The van der Waals surface area contributed by atoms with Gasteiger partial charge in [0.05, 0.1) is 6.61 Å². The molecule has 0 radical (unpaired) electrons. The first-order valence-electron chi connectivity index (χ1n) is 9.20. The van der Waals surface area contributed by atoms with E-state index in [1.54, 1.807) is 41.5 Å². The van der Waals surface area contributed by atoms with Gasteiger partial charge in [0.25, 0.3) is 0 Å². The minimum Gasteiger partial charge on any atom is -0.461 e. The first-order valence-corrected chi connectivity index (χ1v) is 10.1. The van der Waals surface area contributed by atoms with Gasteiger partial charge in [-0.1, -0.05) is 19.0 Å². The highest BCUT2D eigenvalue weighted by Crippen LogP contribution is 2.21. The maximum atomic E-state index is 12.3. The summed E-state index contributed by atoms with van der Waals surface area (Å²) in [7, 11) is 0. The van der Waals surface area contributed by atoms with Gasteiger partial charge in [-0.05, 0) is 41.5 Å². The highest BCUT2D eigenvalue weighted by atomic mass is 32.1. The summed E-state index contributed by atoms with van der Waals surface area (Å²) >= 11 is 1.13.